The lowest BCUT2D eigenvalue weighted by Crippen LogP contribution is -1.87. The third-order valence-corrected chi connectivity index (χ3v) is 2.19. The second-order valence-corrected chi connectivity index (χ2v) is 3.72. The van der Waals surface area contributed by atoms with Gasteiger partial charge in [0, 0.05) is 17.6 Å². The molecule has 0 saturated heterocycles. The van der Waals surface area contributed by atoms with E-state index in [1.54, 1.807) is 6.92 Å². The molecule has 0 spiro atoms. The summed E-state index contributed by atoms with van der Waals surface area (Å²) in [5.74, 6) is 0. The summed E-state index contributed by atoms with van der Waals surface area (Å²) in [6, 6.07) is 8.02. The molecule has 0 fully saturated rings. The van der Waals surface area contributed by atoms with Gasteiger partial charge in [0.1, 0.15) is 0 Å². The van der Waals surface area contributed by atoms with Crippen LogP contribution >= 0.6 is 11.8 Å². The van der Waals surface area contributed by atoms with Gasteiger partial charge in [-0.1, -0.05) is 17.8 Å². The zero-order chi connectivity index (χ0) is 8.97. The number of thioether (sulfide) groups is 1. The number of hydrogen-bond donors (Lipinski definition) is 2. The highest BCUT2D eigenvalue weighted by Gasteiger charge is 1.95. The fourth-order valence-electron chi connectivity index (χ4n) is 0.892. The van der Waals surface area contributed by atoms with Crippen LogP contribution in [0, 0.1) is 5.41 Å². The number of benzene rings is 1. The van der Waals surface area contributed by atoms with E-state index in [9.17, 15) is 0 Å². The van der Waals surface area contributed by atoms with Gasteiger partial charge in [-0.3, -0.25) is 5.41 Å². The van der Waals surface area contributed by atoms with Crippen LogP contribution < -0.4 is 5.32 Å². The first kappa shape index (κ1) is 9.13. The smallest absolute Gasteiger partial charge is 0.0658 e. The number of nitrogens with one attached hydrogen (secondary N) is 2. The summed E-state index contributed by atoms with van der Waals surface area (Å²) in [5.41, 5.74) is 1.08. The van der Waals surface area contributed by atoms with Crippen LogP contribution in [0.25, 0.3) is 0 Å². The van der Waals surface area contributed by atoms with E-state index in [1.807, 2.05) is 31.3 Å². The standard InChI is InChI=1S/C9H12N2S/c1-7(10)12-9-5-3-4-8(6-9)11-2/h3-6,10-11H,1-2H3. The molecule has 0 radical (unpaired) electrons. The molecule has 0 unspecified atom stereocenters. The number of hydrogen-bond acceptors (Lipinski definition) is 3. The molecule has 1 aromatic rings. The molecule has 0 bridgehead atoms. The van der Waals surface area contributed by atoms with Crippen molar-refractivity contribution in [2.24, 2.45) is 0 Å². The van der Waals surface area contributed by atoms with Crippen LogP contribution in [0.4, 0.5) is 5.69 Å². The van der Waals surface area contributed by atoms with Gasteiger partial charge in [-0.2, -0.15) is 0 Å². The highest BCUT2D eigenvalue weighted by atomic mass is 32.2. The Bertz CT molecular complexity index is 284. The van der Waals surface area contributed by atoms with Crippen LogP contribution in [0.15, 0.2) is 29.2 Å². The van der Waals surface area contributed by atoms with E-state index in [2.05, 4.69) is 5.32 Å². The minimum Gasteiger partial charge on any atom is -0.388 e. The molecule has 12 heavy (non-hydrogen) atoms. The van der Waals surface area contributed by atoms with E-state index in [-0.39, 0.29) is 0 Å². The van der Waals surface area contributed by atoms with Crippen molar-refractivity contribution >= 4 is 22.5 Å². The average molecular weight is 180 g/mol. The van der Waals surface area contributed by atoms with Gasteiger partial charge in [-0.15, -0.1) is 0 Å². The highest BCUT2D eigenvalue weighted by molar-refractivity contribution is 8.13. The Balaban J connectivity index is 2.79. The Morgan fingerprint density at radius 2 is 2.25 bits per heavy atom. The van der Waals surface area contributed by atoms with Gasteiger partial charge < -0.3 is 5.32 Å². The van der Waals surface area contributed by atoms with Crippen LogP contribution in [0.3, 0.4) is 0 Å². The van der Waals surface area contributed by atoms with Crippen molar-refractivity contribution in [1.29, 1.82) is 5.41 Å². The molecular formula is C9H12N2S. The van der Waals surface area contributed by atoms with Crippen molar-refractivity contribution in [2.75, 3.05) is 12.4 Å². The average Bonchev–Trinajstić information content (AvgIpc) is 2.03. The SMILES string of the molecule is CNc1cccc(SC(C)=N)c1. The summed E-state index contributed by atoms with van der Waals surface area (Å²) in [5, 5.41) is 11.0. The van der Waals surface area contributed by atoms with Crippen molar-refractivity contribution < 1.29 is 0 Å². The fraction of sp³-hybridized carbons (Fsp3) is 0.222. The Kier molecular flexibility index (Phi) is 3.17. The second kappa shape index (κ2) is 4.16. The first-order chi connectivity index (χ1) is 5.72. The monoisotopic (exact) mass is 180 g/mol. The van der Waals surface area contributed by atoms with Crippen LogP contribution in [0.1, 0.15) is 6.92 Å². The second-order valence-electron chi connectivity index (χ2n) is 2.44. The molecular weight excluding hydrogens is 168 g/mol. The molecule has 64 valence electrons. The third-order valence-electron chi connectivity index (χ3n) is 1.39. The van der Waals surface area contributed by atoms with Crippen LogP contribution in [-0.2, 0) is 0 Å². The van der Waals surface area contributed by atoms with Crippen molar-refractivity contribution in [3.8, 4) is 0 Å². The molecule has 3 heteroatoms. The lowest BCUT2D eigenvalue weighted by molar-refractivity contribution is 1.42. The number of rotatable bonds is 2. The Hall–Kier alpha value is -0.960. The Labute approximate surface area is 76.9 Å². The lowest BCUT2D eigenvalue weighted by Gasteiger charge is -2.02. The molecule has 0 aliphatic rings. The van der Waals surface area contributed by atoms with Crippen molar-refractivity contribution in [3.05, 3.63) is 24.3 Å². The molecule has 0 aliphatic heterocycles. The fourth-order valence-corrected chi connectivity index (χ4v) is 1.58. The van der Waals surface area contributed by atoms with Crippen molar-refractivity contribution in [1.82, 2.24) is 0 Å². The third kappa shape index (κ3) is 2.58. The largest absolute Gasteiger partial charge is 0.388 e. The molecule has 0 aliphatic carbocycles. The Morgan fingerprint density at radius 3 is 2.83 bits per heavy atom. The topological polar surface area (TPSA) is 35.9 Å². The van der Waals surface area contributed by atoms with Crippen LogP contribution in [0.2, 0.25) is 0 Å². The molecule has 0 amide bonds. The Morgan fingerprint density at radius 1 is 1.50 bits per heavy atom. The number of anilines is 1. The first-order valence-corrected chi connectivity index (χ1v) is 4.55. The molecule has 0 aromatic heterocycles. The summed E-state index contributed by atoms with van der Waals surface area (Å²) in [6.45, 7) is 1.79. The minimum absolute atomic E-state index is 0.614. The van der Waals surface area contributed by atoms with Crippen LogP contribution in [0.5, 0.6) is 0 Å². The molecule has 2 nitrogen and oxygen atoms in total. The molecule has 2 N–H and O–H groups in total. The van der Waals surface area contributed by atoms with Crippen molar-refractivity contribution in [3.63, 3.8) is 0 Å². The normalized spacial score (nSPS) is 9.50. The summed E-state index contributed by atoms with van der Waals surface area (Å²) in [4.78, 5) is 1.11. The van der Waals surface area contributed by atoms with Gasteiger partial charge >= 0.3 is 0 Å². The maximum Gasteiger partial charge on any atom is 0.0658 e. The van der Waals surface area contributed by atoms with Crippen molar-refractivity contribution in [2.45, 2.75) is 11.8 Å². The maximum absolute atomic E-state index is 7.30. The zero-order valence-corrected chi connectivity index (χ0v) is 8.03. The molecule has 0 heterocycles. The van der Waals surface area contributed by atoms with E-state index in [0.29, 0.717) is 5.04 Å². The summed E-state index contributed by atoms with van der Waals surface area (Å²) in [7, 11) is 1.89. The molecule has 0 saturated carbocycles. The van der Waals surface area contributed by atoms with E-state index < -0.39 is 0 Å². The summed E-state index contributed by atoms with van der Waals surface area (Å²) < 4.78 is 0. The van der Waals surface area contributed by atoms with E-state index >= 15 is 0 Å². The van der Waals surface area contributed by atoms with Gasteiger partial charge in [-0.05, 0) is 25.1 Å². The van der Waals surface area contributed by atoms with Gasteiger partial charge in [0.15, 0.2) is 0 Å². The van der Waals surface area contributed by atoms with Gasteiger partial charge in [-0.25, -0.2) is 0 Å². The predicted octanol–water partition coefficient (Wildman–Crippen LogP) is 2.82. The van der Waals surface area contributed by atoms with E-state index in [4.69, 9.17) is 5.41 Å². The van der Waals surface area contributed by atoms with Gasteiger partial charge in [0.2, 0.25) is 0 Å². The predicted molar refractivity (Wildman–Crippen MR) is 55.2 cm³/mol. The lowest BCUT2D eigenvalue weighted by atomic mass is 10.3. The van der Waals surface area contributed by atoms with Crippen LogP contribution in [-0.4, -0.2) is 12.1 Å². The first-order valence-electron chi connectivity index (χ1n) is 3.73. The quantitative estimate of drug-likeness (QED) is 0.417. The minimum atomic E-state index is 0.614. The van der Waals surface area contributed by atoms with E-state index in [1.165, 1.54) is 11.8 Å². The molecule has 0 atom stereocenters. The molecule has 1 aromatic carbocycles. The van der Waals surface area contributed by atoms with Gasteiger partial charge in [0.25, 0.3) is 0 Å². The van der Waals surface area contributed by atoms with E-state index in [0.717, 1.165) is 10.6 Å². The maximum atomic E-state index is 7.30. The van der Waals surface area contributed by atoms with Gasteiger partial charge in [0.05, 0.1) is 5.04 Å². The zero-order valence-electron chi connectivity index (χ0n) is 7.22. The summed E-state index contributed by atoms with van der Waals surface area (Å²) in [6.07, 6.45) is 0. The summed E-state index contributed by atoms with van der Waals surface area (Å²) >= 11 is 1.47. The molecule has 1 rings (SSSR count). The highest BCUT2D eigenvalue weighted by Crippen LogP contribution is 2.21.